The predicted octanol–water partition coefficient (Wildman–Crippen LogP) is 0.244. The highest BCUT2D eigenvalue weighted by atomic mass is 32.2. The van der Waals surface area contributed by atoms with Crippen molar-refractivity contribution in [3.63, 3.8) is 0 Å². The van der Waals surface area contributed by atoms with Gasteiger partial charge >= 0.3 is 0 Å². The first-order valence-electron chi connectivity index (χ1n) is 5.99. The van der Waals surface area contributed by atoms with Crippen LogP contribution in [0.4, 0.5) is 5.69 Å². The highest BCUT2D eigenvalue weighted by Gasteiger charge is 2.27. The first-order valence-corrected chi connectivity index (χ1v) is 7.48. The molecule has 0 aliphatic carbocycles. The van der Waals surface area contributed by atoms with Crippen LogP contribution in [0.15, 0.2) is 23.1 Å². The van der Waals surface area contributed by atoms with E-state index in [1.165, 1.54) is 19.2 Å². The lowest BCUT2D eigenvalue weighted by Gasteiger charge is -2.14. The van der Waals surface area contributed by atoms with Crippen LogP contribution >= 0.6 is 0 Å². The van der Waals surface area contributed by atoms with Gasteiger partial charge in [0, 0.05) is 24.7 Å². The molecule has 1 saturated heterocycles. The van der Waals surface area contributed by atoms with Gasteiger partial charge in [-0.25, -0.2) is 13.1 Å². The Labute approximate surface area is 116 Å². The standard InChI is InChI=1S/C11H15N3O5S/c1-19-10-3-2-9(14(15)16)6-11(10)20(17,18)13-8-4-5-12-7-8/h2-3,6,8,12-13H,4-5,7H2,1H3. The Morgan fingerprint density at radius 3 is 2.80 bits per heavy atom. The van der Waals surface area contributed by atoms with E-state index in [1.54, 1.807) is 0 Å². The van der Waals surface area contributed by atoms with E-state index in [-0.39, 0.29) is 22.4 Å². The van der Waals surface area contributed by atoms with E-state index in [0.29, 0.717) is 13.0 Å². The number of nitro groups is 1. The Kier molecular flexibility index (Phi) is 4.21. The molecule has 0 saturated carbocycles. The Hall–Kier alpha value is -1.71. The largest absolute Gasteiger partial charge is 0.495 e. The summed E-state index contributed by atoms with van der Waals surface area (Å²) < 4.78 is 32.1. The van der Waals surface area contributed by atoms with Crippen LogP contribution in [-0.4, -0.2) is 39.6 Å². The summed E-state index contributed by atoms with van der Waals surface area (Å²) in [6, 6.07) is 3.27. The average molecular weight is 301 g/mol. The van der Waals surface area contributed by atoms with E-state index in [9.17, 15) is 18.5 Å². The monoisotopic (exact) mass is 301 g/mol. The highest BCUT2D eigenvalue weighted by Crippen LogP contribution is 2.28. The lowest BCUT2D eigenvalue weighted by molar-refractivity contribution is -0.385. The van der Waals surface area contributed by atoms with Crippen LogP contribution in [0.3, 0.4) is 0 Å². The topological polar surface area (TPSA) is 111 Å². The normalized spacial score (nSPS) is 18.9. The molecular formula is C11H15N3O5S. The fraction of sp³-hybridized carbons (Fsp3) is 0.455. The van der Waals surface area contributed by atoms with Gasteiger partial charge in [0.05, 0.1) is 12.0 Å². The molecule has 1 fully saturated rings. The molecule has 0 amide bonds. The molecule has 2 N–H and O–H groups in total. The van der Waals surface area contributed by atoms with Crippen molar-refractivity contribution in [3.05, 3.63) is 28.3 Å². The molecular weight excluding hydrogens is 286 g/mol. The maximum atomic E-state index is 12.3. The van der Waals surface area contributed by atoms with Gasteiger partial charge in [0.25, 0.3) is 5.69 Å². The summed E-state index contributed by atoms with van der Waals surface area (Å²) >= 11 is 0. The van der Waals surface area contributed by atoms with Gasteiger partial charge in [0.15, 0.2) is 0 Å². The van der Waals surface area contributed by atoms with Crippen LogP contribution in [0, 0.1) is 10.1 Å². The summed E-state index contributed by atoms with van der Waals surface area (Å²) in [5.74, 6) is 0.0778. The Morgan fingerprint density at radius 1 is 1.50 bits per heavy atom. The molecule has 1 atom stereocenters. The average Bonchev–Trinajstić information content (AvgIpc) is 2.90. The maximum Gasteiger partial charge on any atom is 0.271 e. The van der Waals surface area contributed by atoms with Gasteiger partial charge in [-0.05, 0) is 19.0 Å². The molecule has 2 rings (SSSR count). The quantitative estimate of drug-likeness (QED) is 0.595. The fourth-order valence-corrected chi connectivity index (χ4v) is 3.49. The van der Waals surface area contributed by atoms with Crippen molar-refractivity contribution in [2.45, 2.75) is 17.4 Å². The number of methoxy groups -OCH3 is 1. The molecule has 0 radical (unpaired) electrons. The van der Waals surface area contributed by atoms with Crippen LogP contribution in [0.1, 0.15) is 6.42 Å². The fourth-order valence-electron chi connectivity index (χ4n) is 2.03. The van der Waals surface area contributed by atoms with Crippen molar-refractivity contribution in [2.24, 2.45) is 0 Å². The minimum atomic E-state index is -3.86. The van der Waals surface area contributed by atoms with Gasteiger partial charge in [-0.15, -0.1) is 0 Å². The molecule has 1 aromatic carbocycles. The number of ether oxygens (including phenoxy) is 1. The van der Waals surface area contributed by atoms with E-state index in [1.807, 2.05) is 0 Å². The van der Waals surface area contributed by atoms with Gasteiger partial charge in [-0.3, -0.25) is 10.1 Å². The Morgan fingerprint density at radius 2 is 2.25 bits per heavy atom. The van der Waals surface area contributed by atoms with E-state index in [2.05, 4.69) is 10.0 Å². The van der Waals surface area contributed by atoms with Crippen molar-refractivity contribution in [1.29, 1.82) is 0 Å². The zero-order chi connectivity index (χ0) is 14.8. The van der Waals surface area contributed by atoms with Crippen molar-refractivity contribution in [3.8, 4) is 5.75 Å². The summed E-state index contributed by atoms with van der Waals surface area (Å²) in [4.78, 5) is 9.90. The van der Waals surface area contributed by atoms with Crippen molar-refractivity contribution in [1.82, 2.24) is 10.0 Å². The van der Waals surface area contributed by atoms with Crippen LogP contribution < -0.4 is 14.8 Å². The second-order valence-corrected chi connectivity index (χ2v) is 6.09. The first-order chi connectivity index (χ1) is 9.44. The molecule has 1 unspecified atom stereocenters. The molecule has 20 heavy (non-hydrogen) atoms. The molecule has 8 nitrogen and oxygen atoms in total. The molecule has 0 bridgehead atoms. The SMILES string of the molecule is COc1ccc([N+](=O)[O-])cc1S(=O)(=O)NC1CCNC1. The number of sulfonamides is 1. The number of hydrogen-bond donors (Lipinski definition) is 2. The molecule has 9 heteroatoms. The van der Waals surface area contributed by atoms with Crippen molar-refractivity contribution in [2.75, 3.05) is 20.2 Å². The Balaban J connectivity index is 2.37. The van der Waals surface area contributed by atoms with Gasteiger partial charge in [0.1, 0.15) is 10.6 Å². The number of rotatable bonds is 5. The minimum Gasteiger partial charge on any atom is -0.495 e. The molecule has 0 aromatic heterocycles. The molecule has 0 spiro atoms. The number of nitro benzene ring substituents is 1. The van der Waals surface area contributed by atoms with E-state index < -0.39 is 14.9 Å². The Bertz CT molecular complexity index is 610. The smallest absolute Gasteiger partial charge is 0.271 e. The van der Waals surface area contributed by atoms with Crippen LogP contribution in [0.2, 0.25) is 0 Å². The predicted molar refractivity (Wildman–Crippen MR) is 71.2 cm³/mol. The van der Waals surface area contributed by atoms with Gasteiger partial charge in [0.2, 0.25) is 10.0 Å². The summed E-state index contributed by atoms with van der Waals surface area (Å²) in [5, 5.41) is 13.8. The molecule has 1 aromatic rings. The van der Waals surface area contributed by atoms with Crippen LogP contribution in [-0.2, 0) is 10.0 Å². The van der Waals surface area contributed by atoms with E-state index >= 15 is 0 Å². The van der Waals surface area contributed by atoms with E-state index in [4.69, 9.17) is 4.74 Å². The number of benzene rings is 1. The summed E-state index contributed by atoms with van der Waals surface area (Å²) in [5.41, 5.74) is -0.296. The second-order valence-electron chi connectivity index (χ2n) is 4.40. The van der Waals surface area contributed by atoms with Gasteiger partial charge < -0.3 is 10.1 Å². The number of hydrogen-bond acceptors (Lipinski definition) is 6. The number of nitrogens with one attached hydrogen (secondary N) is 2. The maximum absolute atomic E-state index is 12.3. The highest BCUT2D eigenvalue weighted by molar-refractivity contribution is 7.89. The second kappa shape index (κ2) is 5.73. The third-order valence-electron chi connectivity index (χ3n) is 3.03. The van der Waals surface area contributed by atoms with Gasteiger partial charge in [-0.2, -0.15) is 0 Å². The van der Waals surface area contributed by atoms with E-state index in [0.717, 1.165) is 12.6 Å². The molecule has 1 aliphatic heterocycles. The minimum absolute atomic E-state index is 0.0778. The summed E-state index contributed by atoms with van der Waals surface area (Å²) in [6.45, 7) is 1.27. The summed E-state index contributed by atoms with van der Waals surface area (Å²) in [7, 11) is -2.55. The molecule has 110 valence electrons. The number of nitrogens with zero attached hydrogens (tertiary/aromatic N) is 1. The lowest BCUT2D eigenvalue weighted by Crippen LogP contribution is -2.36. The number of non-ortho nitro benzene ring substituents is 1. The first kappa shape index (κ1) is 14.7. The van der Waals surface area contributed by atoms with Crippen LogP contribution in [0.25, 0.3) is 0 Å². The molecule has 1 heterocycles. The third kappa shape index (κ3) is 3.06. The zero-order valence-electron chi connectivity index (χ0n) is 10.8. The summed E-state index contributed by atoms with van der Waals surface area (Å²) in [6.07, 6.45) is 0.677. The van der Waals surface area contributed by atoms with Crippen LogP contribution in [0.5, 0.6) is 5.75 Å². The van der Waals surface area contributed by atoms with Crippen molar-refractivity contribution < 1.29 is 18.1 Å². The third-order valence-corrected chi connectivity index (χ3v) is 4.57. The van der Waals surface area contributed by atoms with Gasteiger partial charge in [-0.1, -0.05) is 0 Å². The molecule has 1 aliphatic rings. The van der Waals surface area contributed by atoms with Crippen molar-refractivity contribution >= 4 is 15.7 Å². The zero-order valence-corrected chi connectivity index (χ0v) is 11.6. The lowest BCUT2D eigenvalue weighted by atomic mass is 10.3.